The van der Waals surface area contributed by atoms with E-state index in [2.05, 4.69) is 20.1 Å². The molecule has 2 amide bonds. The summed E-state index contributed by atoms with van der Waals surface area (Å²) in [5, 5.41) is 14.7. The van der Waals surface area contributed by atoms with Gasteiger partial charge in [0.1, 0.15) is 18.1 Å². The van der Waals surface area contributed by atoms with Gasteiger partial charge in [0, 0.05) is 0 Å². The Hall–Kier alpha value is -3.03. The fraction of sp³-hybridized carbons (Fsp3) is 0.474. The van der Waals surface area contributed by atoms with E-state index in [1.54, 1.807) is 6.92 Å². The molecule has 0 saturated carbocycles. The molecule has 178 valence electrons. The molecule has 4 N–H and O–H groups in total. The van der Waals surface area contributed by atoms with Crippen LogP contribution in [0.3, 0.4) is 0 Å². The van der Waals surface area contributed by atoms with Crippen LogP contribution in [0.25, 0.3) is 0 Å². The normalized spacial score (nSPS) is 14.9. The van der Waals surface area contributed by atoms with Gasteiger partial charge in [-0.1, -0.05) is 17.7 Å². The number of ether oxygens (including phenoxy) is 2. The molecule has 0 bridgehead atoms. The van der Waals surface area contributed by atoms with Crippen LogP contribution < -0.4 is 15.4 Å². The molecule has 0 aliphatic heterocycles. The monoisotopic (exact) mass is 473 g/mol. The van der Waals surface area contributed by atoms with Crippen molar-refractivity contribution < 1.29 is 42.2 Å². The number of amides is 2. The fourth-order valence-electron chi connectivity index (χ4n) is 2.44. The van der Waals surface area contributed by atoms with E-state index in [0.29, 0.717) is 0 Å². The highest BCUT2D eigenvalue weighted by Gasteiger charge is 2.38. The molecule has 4 atom stereocenters. The molecule has 0 spiro atoms. The van der Waals surface area contributed by atoms with E-state index < -0.39 is 58.0 Å². The van der Waals surface area contributed by atoms with E-state index in [0.717, 1.165) is 19.8 Å². The third-order valence-corrected chi connectivity index (χ3v) is 5.76. The number of benzene rings is 1. The van der Waals surface area contributed by atoms with Gasteiger partial charge >= 0.3 is 11.9 Å². The molecule has 13 heteroatoms. The second-order valence-corrected chi connectivity index (χ2v) is 8.58. The number of rotatable bonds is 10. The lowest BCUT2D eigenvalue weighted by Gasteiger charge is -2.25. The lowest BCUT2D eigenvalue weighted by molar-refractivity contribution is -0.147. The Kier molecular flexibility index (Phi) is 9.75. The first-order valence-electron chi connectivity index (χ1n) is 9.37. The number of aliphatic hydroxyl groups is 1. The molecule has 0 aromatic heterocycles. The van der Waals surface area contributed by atoms with Gasteiger partial charge < -0.3 is 25.2 Å². The Labute approximate surface area is 185 Å². The van der Waals surface area contributed by atoms with Gasteiger partial charge in [-0.2, -0.15) is 4.72 Å². The maximum atomic E-state index is 12.7. The van der Waals surface area contributed by atoms with Gasteiger partial charge in [0.15, 0.2) is 6.10 Å². The smallest absolute Gasteiger partial charge is 0.328 e. The van der Waals surface area contributed by atoms with Crippen LogP contribution in [0.4, 0.5) is 0 Å². The van der Waals surface area contributed by atoms with Crippen LogP contribution in [-0.2, 0) is 38.7 Å². The number of aryl methyl sites for hydroxylation is 1. The van der Waals surface area contributed by atoms with Gasteiger partial charge in [0.05, 0.1) is 19.1 Å². The van der Waals surface area contributed by atoms with Crippen LogP contribution >= 0.6 is 0 Å². The lowest BCUT2D eigenvalue weighted by Crippen LogP contribution is -2.60. The van der Waals surface area contributed by atoms with Crippen molar-refractivity contribution in [3.8, 4) is 0 Å². The second-order valence-electron chi connectivity index (χ2n) is 6.86. The van der Waals surface area contributed by atoms with Gasteiger partial charge in [-0.3, -0.25) is 9.59 Å². The summed E-state index contributed by atoms with van der Waals surface area (Å²) < 4.78 is 36.4. The van der Waals surface area contributed by atoms with Crippen LogP contribution in [-0.4, -0.2) is 75.7 Å². The summed E-state index contributed by atoms with van der Waals surface area (Å²) in [4.78, 5) is 47.9. The minimum Gasteiger partial charge on any atom is -0.467 e. The van der Waals surface area contributed by atoms with Crippen LogP contribution in [0, 0.1) is 6.92 Å². The summed E-state index contributed by atoms with van der Waals surface area (Å²) in [5.41, 5.74) is 0.779. The highest BCUT2D eigenvalue weighted by Crippen LogP contribution is 2.12. The Balaban J connectivity index is 3.20. The zero-order valence-corrected chi connectivity index (χ0v) is 19.1. The van der Waals surface area contributed by atoms with Gasteiger partial charge in [-0.25, -0.2) is 18.0 Å². The van der Waals surface area contributed by atoms with Gasteiger partial charge in [-0.05, 0) is 32.9 Å². The lowest BCUT2D eigenvalue weighted by atomic mass is 10.1. The Morgan fingerprint density at radius 3 is 1.75 bits per heavy atom. The molecule has 0 saturated heterocycles. The molecule has 0 aliphatic rings. The summed E-state index contributed by atoms with van der Waals surface area (Å²) in [7, 11) is -2.20. The molecular weight excluding hydrogens is 446 g/mol. The first-order valence-corrected chi connectivity index (χ1v) is 10.9. The van der Waals surface area contributed by atoms with E-state index in [1.807, 2.05) is 4.72 Å². The molecule has 1 aromatic rings. The molecule has 12 nitrogen and oxygen atoms in total. The number of nitrogens with one attached hydrogen (secondary N) is 3. The molecule has 32 heavy (non-hydrogen) atoms. The number of carbonyl (C=O) groups is 4. The fourth-order valence-corrected chi connectivity index (χ4v) is 3.64. The Bertz CT molecular complexity index is 947. The summed E-state index contributed by atoms with van der Waals surface area (Å²) in [6.07, 6.45) is -2.26. The maximum Gasteiger partial charge on any atom is 0.328 e. The zero-order valence-electron chi connectivity index (χ0n) is 18.2. The Morgan fingerprint density at radius 2 is 1.31 bits per heavy atom. The molecule has 0 aliphatic carbocycles. The van der Waals surface area contributed by atoms with Crippen LogP contribution in [0.1, 0.15) is 19.4 Å². The molecule has 0 fully saturated rings. The van der Waals surface area contributed by atoms with Gasteiger partial charge in [0.2, 0.25) is 15.9 Å². The largest absolute Gasteiger partial charge is 0.467 e. The van der Waals surface area contributed by atoms with Crippen molar-refractivity contribution >= 4 is 33.8 Å². The molecule has 0 heterocycles. The predicted octanol–water partition coefficient (Wildman–Crippen LogP) is -1.64. The Morgan fingerprint density at radius 1 is 0.875 bits per heavy atom. The maximum absolute atomic E-state index is 12.7. The van der Waals surface area contributed by atoms with Crippen LogP contribution in [0.5, 0.6) is 0 Å². The molecule has 1 rings (SSSR count). The minimum absolute atomic E-state index is 0.225. The summed E-state index contributed by atoms with van der Waals surface area (Å²) in [5.74, 6) is -4.06. The van der Waals surface area contributed by atoms with E-state index in [9.17, 15) is 32.7 Å². The zero-order chi connectivity index (χ0) is 24.6. The van der Waals surface area contributed by atoms with Gasteiger partial charge in [0.25, 0.3) is 5.91 Å². The highest BCUT2D eigenvalue weighted by molar-refractivity contribution is 7.89. The average molecular weight is 474 g/mol. The quantitative estimate of drug-likeness (QED) is 0.290. The first kappa shape index (κ1) is 27.0. The number of aliphatic hydroxyl groups excluding tert-OH is 1. The van der Waals surface area contributed by atoms with Crippen molar-refractivity contribution in [2.75, 3.05) is 14.2 Å². The van der Waals surface area contributed by atoms with Crippen LogP contribution in [0.2, 0.25) is 0 Å². The standard InChI is InChI=1S/C19H27N3O9S/c1-10-6-8-13(9-7-10)32(28,29)22-14(16(24)20-11(2)18(26)30-4)15(23)17(25)21-12(3)19(27)31-5/h6-9,11-12,14-15,22-23H,1-5H3,(H,20,24)(H,21,25)/t11-,12-,14+,15+/m0/s1. The number of hydrogen-bond acceptors (Lipinski definition) is 9. The van der Waals surface area contributed by atoms with Crippen molar-refractivity contribution in [2.45, 2.75) is 49.9 Å². The van der Waals surface area contributed by atoms with Gasteiger partial charge in [-0.15, -0.1) is 0 Å². The summed E-state index contributed by atoms with van der Waals surface area (Å²) in [6, 6.07) is 1.15. The number of hydrogen-bond donors (Lipinski definition) is 4. The number of carbonyl (C=O) groups excluding carboxylic acids is 4. The van der Waals surface area contributed by atoms with Crippen molar-refractivity contribution in [3.05, 3.63) is 29.8 Å². The van der Waals surface area contributed by atoms with Crippen molar-refractivity contribution in [2.24, 2.45) is 0 Å². The first-order chi connectivity index (χ1) is 14.8. The third kappa shape index (κ3) is 7.28. The molecule has 0 unspecified atom stereocenters. The molecule has 0 radical (unpaired) electrons. The van der Waals surface area contributed by atoms with Crippen LogP contribution in [0.15, 0.2) is 29.2 Å². The number of esters is 2. The van der Waals surface area contributed by atoms with Crippen molar-refractivity contribution in [1.29, 1.82) is 0 Å². The SMILES string of the molecule is COC(=O)[C@H](C)NC(=O)[C@H](O)[C@@H](NS(=O)(=O)c1ccc(C)cc1)C(=O)N[C@@H](C)C(=O)OC. The van der Waals surface area contributed by atoms with Crippen molar-refractivity contribution in [3.63, 3.8) is 0 Å². The predicted molar refractivity (Wildman–Crippen MR) is 111 cm³/mol. The summed E-state index contributed by atoms with van der Waals surface area (Å²) in [6.45, 7) is 4.27. The topological polar surface area (TPSA) is 177 Å². The second kappa shape index (κ2) is 11.5. The average Bonchev–Trinajstić information content (AvgIpc) is 2.75. The van der Waals surface area contributed by atoms with E-state index in [1.165, 1.54) is 38.1 Å². The van der Waals surface area contributed by atoms with E-state index in [4.69, 9.17) is 0 Å². The summed E-state index contributed by atoms with van der Waals surface area (Å²) >= 11 is 0. The number of methoxy groups -OCH3 is 2. The minimum atomic E-state index is -4.37. The number of sulfonamides is 1. The molecule has 1 aromatic carbocycles. The molecular formula is C19H27N3O9S. The van der Waals surface area contributed by atoms with E-state index >= 15 is 0 Å². The third-order valence-electron chi connectivity index (χ3n) is 4.31. The highest BCUT2D eigenvalue weighted by atomic mass is 32.2. The van der Waals surface area contributed by atoms with E-state index in [-0.39, 0.29) is 4.90 Å². The van der Waals surface area contributed by atoms with Crippen molar-refractivity contribution in [1.82, 2.24) is 15.4 Å².